The fourth-order valence-electron chi connectivity index (χ4n) is 3.67. The molecule has 0 spiro atoms. The number of carbonyl (C=O) groups excluding carboxylic acids is 1. The molecule has 3 aromatic rings. The number of amides is 1. The minimum atomic E-state index is 0. The van der Waals surface area contributed by atoms with Crippen LogP contribution in [0.2, 0.25) is 0 Å². The fraction of sp³-hybridized carbons (Fsp3) is 0.333. The molecule has 5 nitrogen and oxygen atoms in total. The molecule has 1 aliphatic rings. The molecule has 6 heteroatoms. The zero-order chi connectivity index (χ0) is 17.9. The summed E-state index contributed by atoms with van der Waals surface area (Å²) in [6.45, 7) is 0.547. The highest BCUT2D eigenvalue weighted by atomic mass is 35.5. The summed E-state index contributed by atoms with van der Waals surface area (Å²) in [7, 11) is 0. The summed E-state index contributed by atoms with van der Waals surface area (Å²) in [5.41, 5.74) is 10.1. The molecular weight excluding hydrogens is 360 g/mol. The Morgan fingerprint density at radius 2 is 1.93 bits per heavy atom. The first-order chi connectivity index (χ1) is 12.7. The lowest BCUT2D eigenvalue weighted by Gasteiger charge is -2.25. The Labute approximate surface area is 165 Å². The van der Waals surface area contributed by atoms with Gasteiger partial charge in [0.2, 0.25) is 5.91 Å². The average Bonchev–Trinajstić information content (AvgIpc) is 3.11. The second kappa shape index (κ2) is 8.55. The quantitative estimate of drug-likeness (QED) is 0.639. The number of fused-ring (bicyclic) bond motifs is 1. The van der Waals surface area contributed by atoms with E-state index in [0.717, 1.165) is 53.7 Å². The number of aromatic nitrogens is 2. The van der Waals surface area contributed by atoms with Crippen LogP contribution in [0.5, 0.6) is 0 Å². The van der Waals surface area contributed by atoms with E-state index in [1.54, 1.807) is 0 Å². The van der Waals surface area contributed by atoms with Crippen LogP contribution in [-0.2, 0) is 11.3 Å². The zero-order valence-electron chi connectivity index (χ0n) is 15.2. The number of imidazole rings is 1. The van der Waals surface area contributed by atoms with Gasteiger partial charge in [0.1, 0.15) is 5.82 Å². The predicted octanol–water partition coefficient (Wildman–Crippen LogP) is 3.79. The van der Waals surface area contributed by atoms with Crippen LogP contribution in [-0.4, -0.2) is 21.9 Å². The molecule has 1 fully saturated rings. The topological polar surface area (TPSA) is 83.8 Å². The van der Waals surface area contributed by atoms with E-state index >= 15 is 0 Å². The minimum absolute atomic E-state index is 0. The highest BCUT2D eigenvalue weighted by Crippen LogP contribution is 2.24. The third-order valence-corrected chi connectivity index (χ3v) is 5.17. The number of nitrogens with two attached hydrogens (primary N) is 1. The number of hydrogen-bond acceptors (Lipinski definition) is 3. The van der Waals surface area contributed by atoms with Crippen molar-refractivity contribution < 1.29 is 4.79 Å². The van der Waals surface area contributed by atoms with E-state index in [-0.39, 0.29) is 30.3 Å². The van der Waals surface area contributed by atoms with Crippen LogP contribution in [0.15, 0.2) is 48.5 Å². The number of hydrogen-bond donors (Lipinski definition) is 3. The van der Waals surface area contributed by atoms with E-state index in [2.05, 4.69) is 15.3 Å². The maximum atomic E-state index is 12.3. The van der Waals surface area contributed by atoms with Crippen molar-refractivity contribution in [3.63, 3.8) is 0 Å². The SMILES string of the molecule is Cl.NC1CCCC(C(=O)NCc2ccc(-c3nc4ccccc4[nH]3)cc2)C1. The molecule has 2 aromatic carbocycles. The third kappa shape index (κ3) is 4.49. The molecule has 142 valence electrons. The van der Waals surface area contributed by atoms with Crippen LogP contribution in [0.4, 0.5) is 0 Å². The highest BCUT2D eigenvalue weighted by molar-refractivity contribution is 5.85. The van der Waals surface area contributed by atoms with Crippen molar-refractivity contribution >= 4 is 29.3 Å². The highest BCUT2D eigenvalue weighted by Gasteiger charge is 2.24. The average molecular weight is 385 g/mol. The van der Waals surface area contributed by atoms with Crippen molar-refractivity contribution in [2.75, 3.05) is 0 Å². The predicted molar refractivity (Wildman–Crippen MR) is 111 cm³/mol. The molecule has 0 saturated heterocycles. The number of aromatic amines is 1. The van der Waals surface area contributed by atoms with E-state index in [9.17, 15) is 4.79 Å². The van der Waals surface area contributed by atoms with Gasteiger partial charge in [-0.05, 0) is 37.0 Å². The van der Waals surface area contributed by atoms with Crippen molar-refractivity contribution in [3.05, 3.63) is 54.1 Å². The summed E-state index contributed by atoms with van der Waals surface area (Å²) in [4.78, 5) is 20.3. The summed E-state index contributed by atoms with van der Waals surface area (Å²) < 4.78 is 0. The van der Waals surface area contributed by atoms with Crippen LogP contribution in [0.1, 0.15) is 31.2 Å². The standard InChI is InChI=1S/C21H24N4O.ClH/c22-17-5-3-4-16(12-17)21(26)23-13-14-8-10-15(11-9-14)20-24-18-6-1-2-7-19(18)25-20;/h1-2,6-11,16-17H,3-5,12-13,22H2,(H,23,26)(H,24,25);1H. The van der Waals surface area contributed by atoms with Crippen molar-refractivity contribution in [2.45, 2.75) is 38.3 Å². The first kappa shape index (κ1) is 19.4. The van der Waals surface area contributed by atoms with E-state index in [4.69, 9.17) is 5.73 Å². The second-order valence-corrected chi connectivity index (χ2v) is 7.14. The summed E-state index contributed by atoms with van der Waals surface area (Å²) >= 11 is 0. The van der Waals surface area contributed by atoms with Crippen LogP contribution >= 0.6 is 12.4 Å². The molecule has 1 saturated carbocycles. The first-order valence-corrected chi connectivity index (χ1v) is 9.26. The zero-order valence-corrected chi connectivity index (χ0v) is 16.0. The van der Waals surface area contributed by atoms with Gasteiger partial charge in [0.15, 0.2) is 0 Å². The van der Waals surface area contributed by atoms with Gasteiger partial charge in [-0.2, -0.15) is 0 Å². The number of carbonyl (C=O) groups is 1. The number of nitrogens with one attached hydrogen (secondary N) is 2. The summed E-state index contributed by atoms with van der Waals surface area (Å²) in [5.74, 6) is 1.05. The van der Waals surface area contributed by atoms with Crippen molar-refractivity contribution in [1.82, 2.24) is 15.3 Å². The Hall–Kier alpha value is -2.37. The Kier molecular flexibility index (Phi) is 6.14. The van der Waals surface area contributed by atoms with E-state index in [1.807, 2.05) is 48.5 Å². The van der Waals surface area contributed by atoms with Gasteiger partial charge in [-0.1, -0.05) is 42.8 Å². The van der Waals surface area contributed by atoms with Gasteiger partial charge < -0.3 is 16.0 Å². The molecule has 1 aromatic heterocycles. The molecule has 1 amide bonds. The maximum absolute atomic E-state index is 12.3. The monoisotopic (exact) mass is 384 g/mol. The molecule has 1 aliphatic carbocycles. The van der Waals surface area contributed by atoms with Gasteiger partial charge in [-0.3, -0.25) is 4.79 Å². The maximum Gasteiger partial charge on any atom is 0.223 e. The first-order valence-electron chi connectivity index (χ1n) is 9.26. The van der Waals surface area contributed by atoms with Crippen LogP contribution in [0, 0.1) is 5.92 Å². The summed E-state index contributed by atoms with van der Waals surface area (Å²) in [6.07, 6.45) is 3.83. The lowest BCUT2D eigenvalue weighted by molar-refractivity contribution is -0.126. The van der Waals surface area contributed by atoms with E-state index in [1.165, 1.54) is 0 Å². The van der Waals surface area contributed by atoms with E-state index < -0.39 is 0 Å². The molecule has 4 N–H and O–H groups in total. The van der Waals surface area contributed by atoms with Crippen molar-refractivity contribution in [1.29, 1.82) is 0 Å². The normalized spacial score (nSPS) is 19.4. The van der Waals surface area contributed by atoms with Crippen LogP contribution in [0.25, 0.3) is 22.4 Å². The number of para-hydroxylation sites is 2. The largest absolute Gasteiger partial charge is 0.352 e. The third-order valence-electron chi connectivity index (χ3n) is 5.17. The smallest absolute Gasteiger partial charge is 0.223 e. The van der Waals surface area contributed by atoms with Gasteiger partial charge in [0, 0.05) is 24.1 Å². The molecule has 0 aliphatic heterocycles. The van der Waals surface area contributed by atoms with Crippen LogP contribution in [0.3, 0.4) is 0 Å². The molecule has 0 bridgehead atoms. The Bertz CT molecular complexity index is 873. The van der Waals surface area contributed by atoms with Gasteiger partial charge in [-0.25, -0.2) is 4.98 Å². The molecule has 0 radical (unpaired) electrons. The Balaban J connectivity index is 0.00000210. The summed E-state index contributed by atoms with van der Waals surface area (Å²) in [6, 6.07) is 16.3. The molecule has 2 unspecified atom stereocenters. The van der Waals surface area contributed by atoms with E-state index in [0.29, 0.717) is 6.54 Å². The Morgan fingerprint density at radius 3 is 2.67 bits per heavy atom. The lowest BCUT2D eigenvalue weighted by atomic mass is 9.85. The van der Waals surface area contributed by atoms with Gasteiger partial charge in [0.05, 0.1) is 11.0 Å². The minimum Gasteiger partial charge on any atom is -0.352 e. The fourth-order valence-corrected chi connectivity index (χ4v) is 3.67. The van der Waals surface area contributed by atoms with Gasteiger partial charge in [0.25, 0.3) is 0 Å². The molecule has 27 heavy (non-hydrogen) atoms. The van der Waals surface area contributed by atoms with Gasteiger partial charge >= 0.3 is 0 Å². The number of H-pyrrole nitrogens is 1. The van der Waals surface area contributed by atoms with Crippen molar-refractivity contribution in [2.24, 2.45) is 11.7 Å². The summed E-state index contributed by atoms with van der Waals surface area (Å²) in [5, 5.41) is 3.05. The molecule has 1 heterocycles. The lowest BCUT2D eigenvalue weighted by Crippen LogP contribution is -2.37. The number of halogens is 1. The van der Waals surface area contributed by atoms with Crippen molar-refractivity contribution in [3.8, 4) is 11.4 Å². The second-order valence-electron chi connectivity index (χ2n) is 7.14. The molecule has 4 rings (SSSR count). The van der Waals surface area contributed by atoms with Gasteiger partial charge in [-0.15, -0.1) is 12.4 Å². The number of benzene rings is 2. The Morgan fingerprint density at radius 1 is 1.15 bits per heavy atom. The van der Waals surface area contributed by atoms with Crippen LogP contribution < -0.4 is 11.1 Å². The number of nitrogens with zero attached hydrogens (tertiary/aromatic N) is 1. The molecule has 2 atom stereocenters. The molecular formula is C21H25ClN4O. The number of rotatable bonds is 4.